The van der Waals surface area contributed by atoms with Crippen molar-refractivity contribution < 1.29 is 14.7 Å². The zero-order chi connectivity index (χ0) is 15.0. The third kappa shape index (κ3) is 3.01. The maximum Gasteiger partial charge on any atom is 0.317 e. The SMILES string of the molecule is CC(NC(=O)N1CCC[C@@H](C(=O)O)C1)C1CC2CCC1C2. The maximum atomic E-state index is 12.4. The van der Waals surface area contributed by atoms with Crippen molar-refractivity contribution in [1.82, 2.24) is 10.2 Å². The number of amides is 2. The molecule has 2 bridgehead atoms. The number of carbonyl (C=O) groups is 2. The molecule has 118 valence electrons. The monoisotopic (exact) mass is 294 g/mol. The lowest BCUT2D eigenvalue weighted by molar-refractivity contribution is -0.143. The summed E-state index contributed by atoms with van der Waals surface area (Å²) in [5, 5.41) is 12.2. The highest BCUT2D eigenvalue weighted by Crippen LogP contribution is 2.49. The molecule has 0 spiro atoms. The average molecular weight is 294 g/mol. The Balaban J connectivity index is 1.52. The Labute approximate surface area is 126 Å². The molecular weight excluding hydrogens is 268 g/mol. The molecule has 3 aliphatic rings. The van der Waals surface area contributed by atoms with E-state index in [-0.39, 0.29) is 12.1 Å². The summed E-state index contributed by atoms with van der Waals surface area (Å²) in [4.78, 5) is 25.1. The predicted molar refractivity (Wildman–Crippen MR) is 78.9 cm³/mol. The standard InChI is InChI=1S/C16H26N2O3/c1-10(14-8-11-4-5-12(14)7-11)17-16(21)18-6-2-3-13(9-18)15(19)20/h10-14H,2-9H2,1H3,(H,17,21)(H,19,20)/t10?,11?,12?,13-,14?/m1/s1. The molecule has 5 heteroatoms. The maximum absolute atomic E-state index is 12.4. The average Bonchev–Trinajstić information content (AvgIpc) is 3.10. The third-order valence-electron chi connectivity index (χ3n) is 5.84. The summed E-state index contributed by atoms with van der Waals surface area (Å²) >= 11 is 0. The number of hydrogen-bond acceptors (Lipinski definition) is 2. The molecule has 4 unspecified atom stereocenters. The second-order valence-electron chi connectivity index (χ2n) is 7.20. The van der Waals surface area contributed by atoms with E-state index in [1.807, 2.05) is 0 Å². The number of nitrogens with one attached hydrogen (secondary N) is 1. The Bertz CT molecular complexity index is 426. The molecule has 5 atom stereocenters. The number of hydrogen-bond donors (Lipinski definition) is 2. The number of rotatable bonds is 3. The molecule has 1 aliphatic heterocycles. The zero-order valence-electron chi connectivity index (χ0n) is 12.8. The highest BCUT2D eigenvalue weighted by atomic mass is 16.4. The van der Waals surface area contributed by atoms with E-state index in [9.17, 15) is 9.59 Å². The minimum absolute atomic E-state index is 0.0729. The van der Waals surface area contributed by atoms with Crippen LogP contribution in [0.4, 0.5) is 4.79 Å². The lowest BCUT2D eigenvalue weighted by Gasteiger charge is -2.34. The van der Waals surface area contributed by atoms with Crippen LogP contribution in [0.1, 0.15) is 45.4 Å². The van der Waals surface area contributed by atoms with Gasteiger partial charge in [-0.3, -0.25) is 4.79 Å². The third-order valence-corrected chi connectivity index (χ3v) is 5.84. The van der Waals surface area contributed by atoms with Gasteiger partial charge in [-0.25, -0.2) is 4.79 Å². The number of carboxylic acids is 1. The van der Waals surface area contributed by atoms with Crippen LogP contribution >= 0.6 is 0 Å². The van der Waals surface area contributed by atoms with Crippen molar-refractivity contribution in [2.45, 2.75) is 51.5 Å². The summed E-state index contributed by atoms with van der Waals surface area (Å²) in [5.74, 6) is 1.10. The highest BCUT2D eigenvalue weighted by Gasteiger charge is 2.42. The van der Waals surface area contributed by atoms with E-state index < -0.39 is 11.9 Å². The molecule has 0 aromatic heterocycles. The second-order valence-corrected chi connectivity index (χ2v) is 7.20. The van der Waals surface area contributed by atoms with Crippen LogP contribution in [-0.4, -0.2) is 41.1 Å². The molecule has 0 radical (unpaired) electrons. The summed E-state index contributed by atoms with van der Waals surface area (Å²) in [7, 11) is 0. The van der Waals surface area contributed by atoms with Crippen LogP contribution in [0, 0.1) is 23.7 Å². The number of carbonyl (C=O) groups excluding carboxylic acids is 1. The lowest BCUT2D eigenvalue weighted by Crippen LogP contribution is -2.51. The number of aliphatic carboxylic acids is 1. The van der Waals surface area contributed by atoms with Gasteiger partial charge in [-0.2, -0.15) is 0 Å². The van der Waals surface area contributed by atoms with E-state index >= 15 is 0 Å². The van der Waals surface area contributed by atoms with Gasteiger partial charge in [-0.15, -0.1) is 0 Å². The quantitative estimate of drug-likeness (QED) is 0.839. The summed E-state index contributed by atoms with van der Waals surface area (Å²) in [6.45, 7) is 3.14. The van der Waals surface area contributed by atoms with Gasteiger partial charge >= 0.3 is 12.0 Å². The van der Waals surface area contributed by atoms with Gasteiger partial charge in [0.15, 0.2) is 0 Å². The van der Waals surface area contributed by atoms with Gasteiger partial charge < -0.3 is 15.3 Å². The van der Waals surface area contributed by atoms with E-state index in [1.54, 1.807) is 4.90 Å². The molecular formula is C16H26N2O3. The smallest absolute Gasteiger partial charge is 0.317 e. The molecule has 5 nitrogen and oxygen atoms in total. The normalized spacial score (nSPS) is 36.5. The summed E-state index contributed by atoms with van der Waals surface area (Å²) in [5.41, 5.74) is 0. The largest absolute Gasteiger partial charge is 0.481 e. The van der Waals surface area contributed by atoms with Crippen molar-refractivity contribution in [2.24, 2.45) is 23.7 Å². The van der Waals surface area contributed by atoms with Crippen molar-refractivity contribution in [3.05, 3.63) is 0 Å². The van der Waals surface area contributed by atoms with Crippen LogP contribution in [0.5, 0.6) is 0 Å². The zero-order valence-corrected chi connectivity index (χ0v) is 12.8. The molecule has 2 amide bonds. The molecule has 2 aliphatic carbocycles. The van der Waals surface area contributed by atoms with E-state index in [0.717, 1.165) is 18.3 Å². The molecule has 2 saturated carbocycles. The number of carboxylic acid groups (broad SMARTS) is 1. The van der Waals surface area contributed by atoms with Crippen LogP contribution in [0.2, 0.25) is 0 Å². The Kier molecular flexibility index (Phi) is 4.09. The van der Waals surface area contributed by atoms with E-state index in [0.29, 0.717) is 25.4 Å². The van der Waals surface area contributed by atoms with Crippen molar-refractivity contribution >= 4 is 12.0 Å². The van der Waals surface area contributed by atoms with Crippen molar-refractivity contribution in [1.29, 1.82) is 0 Å². The van der Waals surface area contributed by atoms with Gasteiger partial charge in [-0.05, 0) is 56.8 Å². The van der Waals surface area contributed by atoms with E-state index in [4.69, 9.17) is 5.11 Å². The Morgan fingerprint density at radius 1 is 1.24 bits per heavy atom. The topological polar surface area (TPSA) is 69.6 Å². The first-order valence-corrected chi connectivity index (χ1v) is 8.33. The molecule has 3 rings (SSSR count). The molecule has 3 fully saturated rings. The molecule has 1 saturated heterocycles. The first kappa shape index (κ1) is 14.7. The van der Waals surface area contributed by atoms with Gasteiger partial charge in [0.2, 0.25) is 0 Å². The Hall–Kier alpha value is -1.26. The fourth-order valence-corrected chi connectivity index (χ4v) is 4.66. The molecule has 1 heterocycles. The van der Waals surface area contributed by atoms with Gasteiger partial charge in [0.1, 0.15) is 0 Å². The van der Waals surface area contributed by atoms with Crippen molar-refractivity contribution in [3.63, 3.8) is 0 Å². The molecule has 21 heavy (non-hydrogen) atoms. The minimum Gasteiger partial charge on any atom is -0.481 e. The van der Waals surface area contributed by atoms with E-state index in [2.05, 4.69) is 12.2 Å². The first-order valence-electron chi connectivity index (χ1n) is 8.33. The summed E-state index contributed by atoms with van der Waals surface area (Å²) in [6, 6.07) is 0.134. The Morgan fingerprint density at radius 3 is 2.67 bits per heavy atom. The molecule has 2 N–H and O–H groups in total. The van der Waals surface area contributed by atoms with Crippen molar-refractivity contribution in [3.8, 4) is 0 Å². The van der Waals surface area contributed by atoms with Gasteiger partial charge in [0, 0.05) is 19.1 Å². The fraction of sp³-hybridized carbons (Fsp3) is 0.875. The van der Waals surface area contributed by atoms with Crippen LogP contribution in [0.15, 0.2) is 0 Å². The van der Waals surface area contributed by atoms with Gasteiger partial charge in [-0.1, -0.05) is 6.42 Å². The number of likely N-dealkylation sites (tertiary alicyclic amines) is 1. The number of piperidine rings is 1. The predicted octanol–water partition coefficient (Wildman–Crippen LogP) is 2.32. The molecule has 0 aromatic carbocycles. The minimum atomic E-state index is -0.784. The van der Waals surface area contributed by atoms with Gasteiger partial charge in [0.25, 0.3) is 0 Å². The fourth-order valence-electron chi connectivity index (χ4n) is 4.66. The number of fused-ring (bicyclic) bond motifs is 2. The van der Waals surface area contributed by atoms with Crippen LogP contribution < -0.4 is 5.32 Å². The van der Waals surface area contributed by atoms with Crippen LogP contribution in [0.3, 0.4) is 0 Å². The van der Waals surface area contributed by atoms with Gasteiger partial charge in [0.05, 0.1) is 5.92 Å². The van der Waals surface area contributed by atoms with Crippen LogP contribution in [-0.2, 0) is 4.79 Å². The first-order chi connectivity index (χ1) is 10.0. The van der Waals surface area contributed by atoms with Crippen LogP contribution in [0.25, 0.3) is 0 Å². The lowest BCUT2D eigenvalue weighted by atomic mass is 9.84. The number of urea groups is 1. The highest BCUT2D eigenvalue weighted by molar-refractivity contribution is 5.76. The van der Waals surface area contributed by atoms with E-state index in [1.165, 1.54) is 25.7 Å². The number of nitrogens with zero attached hydrogens (tertiary/aromatic N) is 1. The van der Waals surface area contributed by atoms with Crippen molar-refractivity contribution in [2.75, 3.05) is 13.1 Å². The summed E-state index contributed by atoms with van der Waals surface area (Å²) in [6.07, 6.45) is 6.75. The molecule has 0 aromatic rings. The second kappa shape index (κ2) is 5.85. The summed E-state index contributed by atoms with van der Waals surface area (Å²) < 4.78 is 0. The Morgan fingerprint density at radius 2 is 2.05 bits per heavy atom.